The van der Waals surface area contributed by atoms with Crippen molar-refractivity contribution >= 4 is 5.95 Å². The lowest BCUT2D eigenvalue weighted by molar-refractivity contribution is 1.16. The van der Waals surface area contributed by atoms with E-state index in [2.05, 4.69) is 16.9 Å². The third kappa shape index (κ3) is 0.932. The van der Waals surface area contributed by atoms with Crippen LogP contribution >= 0.6 is 0 Å². The Labute approximate surface area is 47.6 Å². The first kappa shape index (κ1) is 5.03. The largest absolute Gasteiger partial charge is 0.368 e. The number of hydrogen-bond donors (Lipinski definition) is 1. The summed E-state index contributed by atoms with van der Waals surface area (Å²) < 4.78 is 0. The summed E-state index contributed by atoms with van der Waals surface area (Å²) in [6.07, 6.45) is 1.57. The van der Waals surface area contributed by atoms with Gasteiger partial charge in [0, 0.05) is 11.9 Å². The van der Waals surface area contributed by atoms with Crippen LogP contribution in [0.3, 0.4) is 0 Å². The molecule has 2 N–H and O–H groups in total. The molecule has 1 radical (unpaired) electrons. The van der Waals surface area contributed by atoms with Crippen LogP contribution in [0.1, 0.15) is 5.69 Å². The quantitative estimate of drug-likeness (QED) is 0.518. The van der Waals surface area contributed by atoms with Crippen LogP contribution in [0.2, 0.25) is 0 Å². The molecule has 8 heavy (non-hydrogen) atoms. The molecule has 0 bridgehead atoms. The first-order chi connectivity index (χ1) is 3.79. The molecular weight excluding hydrogens is 102 g/mol. The van der Waals surface area contributed by atoms with Gasteiger partial charge in [0.1, 0.15) is 0 Å². The summed E-state index contributed by atoms with van der Waals surface area (Å²) in [5, 5.41) is 0. The van der Waals surface area contributed by atoms with Crippen molar-refractivity contribution in [3.05, 3.63) is 24.9 Å². The van der Waals surface area contributed by atoms with E-state index in [1.165, 1.54) is 0 Å². The second-order valence-corrected chi connectivity index (χ2v) is 1.41. The van der Waals surface area contributed by atoms with Crippen molar-refractivity contribution in [2.24, 2.45) is 0 Å². The first-order valence-corrected chi connectivity index (χ1v) is 2.19. The Morgan fingerprint density at radius 3 is 2.75 bits per heavy atom. The normalized spacial score (nSPS) is 9.12. The average molecular weight is 108 g/mol. The van der Waals surface area contributed by atoms with E-state index in [1.54, 1.807) is 12.3 Å². The molecule has 0 saturated heterocycles. The van der Waals surface area contributed by atoms with Gasteiger partial charge in [0.05, 0.1) is 0 Å². The minimum Gasteiger partial charge on any atom is -0.368 e. The fraction of sp³-hybridized carbons (Fsp3) is 0. The molecule has 0 aliphatic rings. The number of nitrogens with zero attached hydrogens (tertiary/aromatic N) is 2. The second-order valence-electron chi connectivity index (χ2n) is 1.41. The highest BCUT2D eigenvalue weighted by molar-refractivity contribution is 5.18. The molecule has 1 aromatic heterocycles. The molecule has 3 heteroatoms. The van der Waals surface area contributed by atoms with Crippen LogP contribution in [-0.2, 0) is 0 Å². The zero-order valence-electron chi connectivity index (χ0n) is 4.33. The van der Waals surface area contributed by atoms with Gasteiger partial charge in [0.25, 0.3) is 0 Å². The van der Waals surface area contributed by atoms with E-state index in [0.29, 0.717) is 5.69 Å². The van der Waals surface area contributed by atoms with Gasteiger partial charge in [-0.1, -0.05) is 0 Å². The molecule has 0 atom stereocenters. The summed E-state index contributed by atoms with van der Waals surface area (Å²) in [6, 6.07) is 1.69. The monoisotopic (exact) mass is 108 g/mol. The van der Waals surface area contributed by atoms with Crippen molar-refractivity contribution in [1.29, 1.82) is 0 Å². The third-order valence-corrected chi connectivity index (χ3v) is 0.732. The van der Waals surface area contributed by atoms with Crippen molar-refractivity contribution in [1.82, 2.24) is 9.97 Å². The van der Waals surface area contributed by atoms with Gasteiger partial charge in [-0.2, -0.15) is 0 Å². The molecule has 1 rings (SSSR count). The number of nitrogens with two attached hydrogens (primary N) is 1. The highest BCUT2D eigenvalue weighted by Gasteiger charge is 1.84. The Morgan fingerprint density at radius 1 is 1.62 bits per heavy atom. The molecule has 0 aliphatic carbocycles. The van der Waals surface area contributed by atoms with Gasteiger partial charge < -0.3 is 5.73 Å². The SMILES string of the molecule is [CH2]c1ccnc(N)n1. The average Bonchev–Trinajstić information content (AvgIpc) is 1.64. The lowest BCUT2D eigenvalue weighted by Crippen LogP contribution is -1.93. The van der Waals surface area contributed by atoms with Gasteiger partial charge in [-0.25, -0.2) is 9.97 Å². The van der Waals surface area contributed by atoms with Gasteiger partial charge in [-0.3, -0.25) is 0 Å². The van der Waals surface area contributed by atoms with Gasteiger partial charge in [-0.15, -0.1) is 0 Å². The molecule has 0 fully saturated rings. The van der Waals surface area contributed by atoms with E-state index in [0.717, 1.165) is 0 Å². The van der Waals surface area contributed by atoms with Crippen LogP contribution in [0.25, 0.3) is 0 Å². The number of nitrogen functional groups attached to an aromatic ring is 1. The topological polar surface area (TPSA) is 51.8 Å². The number of hydrogen-bond acceptors (Lipinski definition) is 3. The highest BCUT2D eigenvalue weighted by atomic mass is 15.0. The zero-order chi connectivity index (χ0) is 5.98. The second kappa shape index (κ2) is 1.78. The summed E-state index contributed by atoms with van der Waals surface area (Å²) in [4.78, 5) is 7.40. The van der Waals surface area contributed by atoms with Crippen molar-refractivity contribution < 1.29 is 0 Å². The van der Waals surface area contributed by atoms with Gasteiger partial charge in [0.15, 0.2) is 0 Å². The molecule has 0 saturated carbocycles. The van der Waals surface area contributed by atoms with Crippen LogP contribution in [0.4, 0.5) is 5.95 Å². The van der Waals surface area contributed by atoms with Gasteiger partial charge in [0.2, 0.25) is 5.95 Å². The molecule has 3 nitrogen and oxygen atoms in total. The van der Waals surface area contributed by atoms with E-state index in [-0.39, 0.29) is 5.95 Å². The van der Waals surface area contributed by atoms with E-state index in [4.69, 9.17) is 5.73 Å². The van der Waals surface area contributed by atoms with Crippen molar-refractivity contribution in [3.8, 4) is 0 Å². The van der Waals surface area contributed by atoms with Crippen molar-refractivity contribution in [2.75, 3.05) is 5.73 Å². The highest BCUT2D eigenvalue weighted by Crippen LogP contribution is 1.91. The van der Waals surface area contributed by atoms with E-state index in [1.807, 2.05) is 0 Å². The van der Waals surface area contributed by atoms with Crippen LogP contribution in [0.5, 0.6) is 0 Å². The third-order valence-electron chi connectivity index (χ3n) is 0.732. The Morgan fingerprint density at radius 2 is 2.38 bits per heavy atom. The molecule has 1 aromatic rings. The fourth-order valence-electron chi connectivity index (χ4n) is 0.413. The molecule has 0 spiro atoms. The number of rotatable bonds is 0. The predicted molar refractivity (Wildman–Crippen MR) is 30.9 cm³/mol. The summed E-state index contributed by atoms with van der Waals surface area (Å²) in [7, 11) is 0. The van der Waals surface area contributed by atoms with Crippen molar-refractivity contribution in [3.63, 3.8) is 0 Å². The maximum absolute atomic E-state index is 5.20. The molecule has 0 aromatic carbocycles. The minimum atomic E-state index is 0.275. The maximum Gasteiger partial charge on any atom is 0.220 e. The Kier molecular flexibility index (Phi) is 1.12. The maximum atomic E-state index is 5.20. The van der Waals surface area contributed by atoms with Crippen LogP contribution in [-0.4, -0.2) is 9.97 Å². The fourth-order valence-corrected chi connectivity index (χ4v) is 0.413. The summed E-state index contributed by atoms with van der Waals surface area (Å²) in [5.74, 6) is 0.275. The molecule has 0 aliphatic heterocycles. The zero-order valence-corrected chi connectivity index (χ0v) is 4.33. The molecular formula is C5H6N3. The standard InChI is InChI=1S/C5H6N3/c1-4-2-3-7-5(6)8-4/h2-3H,1H2,(H2,6,7,8). The molecule has 0 amide bonds. The Hall–Kier alpha value is -1.12. The van der Waals surface area contributed by atoms with Crippen LogP contribution < -0.4 is 5.73 Å². The van der Waals surface area contributed by atoms with E-state index in [9.17, 15) is 0 Å². The molecule has 41 valence electrons. The van der Waals surface area contributed by atoms with E-state index < -0.39 is 0 Å². The summed E-state index contributed by atoms with van der Waals surface area (Å²) in [6.45, 7) is 3.55. The lowest BCUT2D eigenvalue weighted by Gasteiger charge is -1.89. The summed E-state index contributed by atoms with van der Waals surface area (Å²) >= 11 is 0. The first-order valence-electron chi connectivity index (χ1n) is 2.19. The van der Waals surface area contributed by atoms with Crippen LogP contribution in [0, 0.1) is 6.92 Å². The smallest absolute Gasteiger partial charge is 0.220 e. The molecule has 1 heterocycles. The summed E-state index contributed by atoms with van der Waals surface area (Å²) in [5.41, 5.74) is 5.85. The van der Waals surface area contributed by atoms with Gasteiger partial charge >= 0.3 is 0 Å². The lowest BCUT2D eigenvalue weighted by atomic mass is 10.5. The van der Waals surface area contributed by atoms with Crippen molar-refractivity contribution in [2.45, 2.75) is 0 Å². The predicted octanol–water partition coefficient (Wildman–Crippen LogP) is 0.241. The Bertz CT molecular complexity index is 168. The minimum absolute atomic E-state index is 0.275. The van der Waals surface area contributed by atoms with E-state index >= 15 is 0 Å². The van der Waals surface area contributed by atoms with Gasteiger partial charge in [-0.05, 0) is 13.0 Å². The number of anilines is 1. The Balaban J connectivity index is 3.08. The molecule has 0 unspecified atom stereocenters. The van der Waals surface area contributed by atoms with Crippen LogP contribution in [0.15, 0.2) is 12.3 Å². The number of aromatic nitrogens is 2.